The van der Waals surface area contributed by atoms with E-state index in [0.717, 1.165) is 27.8 Å². The fraction of sp³-hybridized carbons (Fsp3) is 0.273. The third kappa shape index (κ3) is 6.37. The molecular weight excluding hydrogens is 513 g/mol. The molecule has 0 fully saturated rings. The van der Waals surface area contributed by atoms with Gasteiger partial charge in [0.15, 0.2) is 5.96 Å². The van der Waals surface area contributed by atoms with Gasteiger partial charge in [0.05, 0.1) is 18.1 Å². The molecule has 0 spiro atoms. The van der Waals surface area contributed by atoms with Gasteiger partial charge in [-0.05, 0) is 23.3 Å². The number of guanidine groups is 1. The third-order valence-corrected chi connectivity index (χ3v) is 4.98. The largest absolute Gasteiger partial charge is 0.352 e. The molecule has 0 aliphatic rings. The highest BCUT2D eigenvalue weighted by atomic mass is 127. The molecule has 3 aromatic rings. The van der Waals surface area contributed by atoms with E-state index < -0.39 is 0 Å². The van der Waals surface area contributed by atoms with Crippen molar-refractivity contribution in [3.05, 3.63) is 93.1 Å². The molecule has 2 aromatic heterocycles. The number of aromatic nitrogens is 2. The molecule has 0 aliphatic carbocycles. The molecule has 0 saturated heterocycles. The highest BCUT2D eigenvalue weighted by Crippen LogP contribution is 2.14. The summed E-state index contributed by atoms with van der Waals surface area (Å²) in [5, 5.41) is 4.12. The fourth-order valence-corrected chi connectivity index (χ4v) is 3.43. The van der Waals surface area contributed by atoms with E-state index in [9.17, 15) is 4.79 Å². The molecule has 0 aliphatic heterocycles. The second-order valence-electron chi connectivity index (χ2n) is 7.00. The summed E-state index contributed by atoms with van der Waals surface area (Å²) in [7, 11) is 5.75. The van der Waals surface area contributed by atoms with Crippen LogP contribution in [0.4, 0.5) is 0 Å². The van der Waals surface area contributed by atoms with Crippen molar-refractivity contribution in [2.75, 3.05) is 14.1 Å². The number of nitrogens with zero attached hydrogens (tertiary/aromatic N) is 4. The van der Waals surface area contributed by atoms with E-state index in [2.05, 4.69) is 39.5 Å². The molecule has 1 N–H and O–H groups in total. The van der Waals surface area contributed by atoms with Gasteiger partial charge in [-0.3, -0.25) is 9.79 Å². The molecule has 0 amide bonds. The summed E-state index contributed by atoms with van der Waals surface area (Å²) in [5.74, 6) is 0.808. The zero-order valence-corrected chi connectivity index (χ0v) is 20.5. The van der Waals surface area contributed by atoms with Gasteiger partial charge < -0.3 is 19.4 Å². The van der Waals surface area contributed by atoms with Crippen molar-refractivity contribution in [1.29, 1.82) is 0 Å². The average Bonchev–Trinajstić information content (AvgIpc) is 3.02. The van der Waals surface area contributed by atoms with Gasteiger partial charge in [-0.25, -0.2) is 0 Å². The topological polar surface area (TPSA) is 54.6 Å². The van der Waals surface area contributed by atoms with Crippen LogP contribution >= 0.6 is 35.6 Å². The molecule has 6 nitrogen and oxygen atoms in total. The van der Waals surface area contributed by atoms with E-state index in [1.165, 1.54) is 0 Å². The lowest BCUT2D eigenvalue weighted by molar-refractivity contribution is 0.461. The van der Waals surface area contributed by atoms with Gasteiger partial charge in [-0.1, -0.05) is 41.9 Å². The second kappa shape index (κ2) is 11.2. The lowest BCUT2D eigenvalue weighted by Gasteiger charge is -2.22. The minimum atomic E-state index is 0. The smallest absolute Gasteiger partial charge is 0.250 e. The number of halogens is 2. The Hall–Kier alpha value is -2.26. The Morgan fingerprint density at radius 3 is 2.47 bits per heavy atom. The first kappa shape index (κ1) is 24.0. The molecular formula is C22H27ClIN5O. The minimum absolute atomic E-state index is 0. The molecule has 2 heterocycles. The normalized spacial score (nSPS) is 11.1. The van der Waals surface area contributed by atoms with E-state index >= 15 is 0 Å². The first-order valence-corrected chi connectivity index (χ1v) is 9.80. The zero-order chi connectivity index (χ0) is 20.8. The predicted octanol–water partition coefficient (Wildman–Crippen LogP) is 3.71. The maximum Gasteiger partial charge on any atom is 0.250 e. The van der Waals surface area contributed by atoms with Crippen molar-refractivity contribution >= 4 is 41.5 Å². The van der Waals surface area contributed by atoms with Crippen LogP contribution in [0.2, 0.25) is 5.02 Å². The number of hydrogen-bond acceptors (Lipinski definition) is 2. The van der Waals surface area contributed by atoms with Crippen LogP contribution in [-0.4, -0.2) is 34.1 Å². The summed E-state index contributed by atoms with van der Waals surface area (Å²) in [4.78, 5) is 18.3. The quantitative estimate of drug-likeness (QED) is 0.295. The summed E-state index contributed by atoms with van der Waals surface area (Å²) in [6.45, 7) is 1.93. The Balaban J connectivity index is 0.00000320. The van der Waals surface area contributed by atoms with Crippen molar-refractivity contribution in [2.45, 2.75) is 19.6 Å². The summed E-state index contributed by atoms with van der Waals surface area (Å²) < 4.78 is 3.71. The molecule has 30 heavy (non-hydrogen) atoms. The Bertz CT molecular complexity index is 1040. The van der Waals surface area contributed by atoms with Gasteiger partial charge in [-0.2, -0.15) is 0 Å². The van der Waals surface area contributed by atoms with Crippen LogP contribution in [0.1, 0.15) is 16.8 Å². The number of aliphatic imine (C=N–C) groups is 1. The number of benzene rings is 1. The highest BCUT2D eigenvalue weighted by molar-refractivity contribution is 14.0. The molecule has 8 heteroatoms. The molecule has 0 unspecified atom stereocenters. The van der Waals surface area contributed by atoms with Crippen LogP contribution in [0.5, 0.6) is 0 Å². The Kier molecular flexibility index (Phi) is 8.98. The Morgan fingerprint density at radius 1 is 1.17 bits per heavy atom. The highest BCUT2D eigenvalue weighted by Gasteiger charge is 2.10. The first-order valence-electron chi connectivity index (χ1n) is 9.42. The number of pyridine rings is 1. The van der Waals surface area contributed by atoms with Gasteiger partial charge in [0, 0.05) is 51.8 Å². The maximum atomic E-state index is 11.8. The van der Waals surface area contributed by atoms with Crippen molar-refractivity contribution in [1.82, 2.24) is 19.4 Å². The number of nitrogens with one attached hydrogen (secondary N) is 1. The zero-order valence-electron chi connectivity index (χ0n) is 17.4. The van der Waals surface area contributed by atoms with Crippen LogP contribution in [0, 0.1) is 0 Å². The van der Waals surface area contributed by atoms with E-state index in [0.29, 0.717) is 19.6 Å². The number of rotatable bonds is 6. The van der Waals surface area contributed by atoms with Gasteiger partial charge in [-0.15, -0.1) is 24.0 Å². The van der Waals surface area contributed by atoms with E-state index in [1.807, 2.05) is 37.0 Å². The van der Waals surface area contributed by atoms with Crippen LogP contribution in [-0.2, 0) is 26.7 Å². The van der Waals surface area contributed by atoms with Crippen LogP contribution in [0.3, 0.4) is 0 Å². The lowest BCUT2D eigenvalue weighted by atomic mass is 10.1. The van der Waals surface area contributed by atoms with Gasteiger partial charge in [0.2, 0.25) is 0 Å². The summed E-state index contributed by atoms with van der Waals surface area (Å²) in [6, 6.07) is 15.4. The number of aryl methyl sites for hydroxylation is 1. The van der Waals surface area contributed by atoms with E-state index in [1.54, 1.807) is 29.9 Å². The van der Waals surface area contributed by atoms with Crippen molar-refractivity contribution < 1.29 is 0 Å². The second-order valence-corrected chi connectivity index (χ2v) is 7.44. The Morgan fingerprint density at radius 2 is 1.87 bits per heavy atom. The average molecular weight is 540 g/mol. The fourth-order valence-electron chi connectivity index (χ4n) is 3.16. The Labute approximate surface area is 199 Å². The van der Waals surface area contributed by atoms with Crippen molar-refractivity contribution in [3.8, 4) is 0 Å². The molecule has 1 aromatic carbocycles. The summed E-state index contributed by atoms with van der Waals surface area (Å²) >= 11 is 6.07. The number of hydrogen-bond donors (Lipinski definition) is 1. The van der Waals surface area contributed by atoms with Gasteiger partial charge >= 0.3 is 0 Å². The van der Waals surface area contributed by atoms with Crippen LogP contribution in [0.15, 0.2) is 70.7 Å². The van der Waals surface area contributed by atoms with Crippen molar-refractivity contribution in [3.63, 3.8) is 0 Å². The van der Waals surface area contributed by atoms with Crippen molar-refractivity contribution in [2.24, 2.45) is 12.0 Å². The lowest BCUT2D eigenvalue weighted by Crippen LogP contribution is -2.38. The minimum Gasteiger partial charge on any atom is -0.352 e. The van der Waals surface area contributed by atoms with Crippen LogP contribution < -0.4 is 10.9 Å². The van der Waals surface area contributed by atoms with Crippen LogP contribution in [0.25, 0.3) is 0 Å². The molecule has 160 valence electrons. The maximum absolute atomic E-state index is 11.8. The van der Waals surface area contributed by atoms with Gasteiger partial charge in [0.1, 0.15) is 0 Å². The monoisotopic (exact) mass is 539 g/mol. The SMILES string of the molecule is CN=C(NCc1ccc(Cn2ccccc2=O)cc1)N(C)Cc1cc(Cl)cn1C.I. The molecule has 0 atom stereocenters. The molecule has 0 saturated carbocycles. The molecule has 3 rings (SSSR count). The van der Waals surface area contributed by atoms with Gasteiger partial charge in [0.25, 0.3) is 5.56 Å². The summed E-state index contributed by atoms with van der Waals surface area (Å²) in [6.07, 6.45) is 3.70. The standard InChI is InChI=1S/C22H26ClN5O.HI/c1-24-22(27(3)16-20-12-19(23)15-26(20)2)25-13-17-7-9-18(10-8-17)14-28-11-5-4-6-21(28)29;/h4-12,15H,13-14,16H2,1-3H3,(H,24,25);1H. The third-order valence-electron chi connectivity index (χ3n) is 4.77. The summed E-state index contributed by atoms with van der Waals surface area (Å²) in [5.41, 5.74) is 3.35. The molecule has 0 radical (unpaired) electrons. The van der Waals surface area contributed by atoms with E-state index in [4.69, 9.17) is 11.6 Å². The van der Waals surface area contributed by atoms with E-state index in [-0.39, 0.29) is 29.5 Å². The predicted molar refractivity (Wildman–Crippen MR) is 134 cm³/mol. The molecule has 0 bridgehead atoms. The first-order chi connectivity index (χ1) is 14.0.